The first-order valence-corrected chi connectivity index (χ1v) is 10.5. The third-order valence-corrected chi connectivity index (χ3v) is 6.33. The minimum absolute atomic E-state index is 0.0565. The second-order valence-electron chi connectivity index (χ2n) is 6.24. The predicted octanol–water partition coefficient (Wildman–Crippen LogP) is 2.63. The van der Waals surface area contributed by atoms with Crippen LogP contribution in [0, 0.1) is 20.8 Å². The van der Waals surface area contributed by atoms with E-state index < -0.39 is 10.0 Å². The van der Waals surface area contributed by atoms with Crippen molar-refractivity contribution in [1.82, 2.24) is 24.7 Å². The van der Waals surface area contributed by atoms with Crippen molar-refractivity contribution in [2.45, 2.75) is 25.7 Å². The first kappa shape index (κ1) is 20.2. The van der Waals surface area contributed by atoms with Crippen LogP contribution in [-0.4, -0.2) is 41.5 Å². The number of benzene rings is 1. The van der Waals surface area contributed by atoms with Gasteiger partial charge in [0.2, 0.25) is 10.0 Å². The molecule has 0 atom stereocenters. The highest BCUT2D eigenvalue weighted by Gasteiger charge is 2.16. The molecule has 2 N–H and O–H groups in total. The van der Waals surface area contributed by atoms with E-state index in [-0.39, 0.29) is 16.5 Å². The van der Waals surface area contributed by atoms with Crippen molar-refractivity contribution in [3.63, 3.8) is 0 Å². The Morgan fingerprint density at radius 2 is 1.79 bits per heavy atom. The number of anilines is 1. The average molecular weight is 421 g/mol. The first-order chi connectivity index (χ1) is 13.3. The zero-order chi connectivity index (χ0) is 20.3. The highest BCUT2D eigenvalue weighted by Crippen LogP contribution is 2.20. The van der Waals surface area contributed by atoms with Gasteiger partial charge in [-0.05, 0) is 50.6 Å². The summed E-state index contributed by atoms with van der Waals surface area (Å²) in [7, 11) is -3.66. The van der Waals surface area contributed by atoms with E-state index in [1.54, 1.807) is 22.9 Å². The highest BCUT2D eigenvalue weighted by molar-refractivity contribution is 7.89. The Kier molecular flexibility index (Phi) is 5.97. The molecule has 0 radical (unpaired) electrons. The van der Waals surface area contributed by atoms with Gasteiger partial charge in [-0.15, -0.1) is 10.2 Å². The molecule has 0 fully saturated rings. The Balaban J connectivity index is 1.57. The normalized spacial score (nSPS) is 11.6. The smallest absolute Gasteiger partial charge is 0.242 e. The summed E-state index contributed by atoms with van der Waals surface area (Å²) < 4.78 is 28.8. The van der Waals surface area contributed by atoms with Crippen molar-refractivity contribution in [1.29, 1.82) is 0 Å². The van der Waals surface area contributed by atoms with E-state index in [9.17, 15) is 8.42 Å². The molecule has 0 bridgehead atoms. The van der Waals surface area contributed by atoms with Crippen LogP contribution in [0.15, 0.2) is 41.3 Å². The van der Waals surface area contributed by atoms with Crippen molar-refractivity contribution in [2.24, 2.45) is 0 Å². The SMILES string of the molecule is Cc1nn(-c2ccc(NCCNS(=O)(=O)c3ccccc3Cl)nn2)c(C)c1C. The van der Waals surface area contributed by atoms with Crippen molar-refractivity contribution >= 4 is 27.4 Å². The van der Waals surface area contributed by atoms with Gasteiger partial charge in [0.15, 0.2) is 5.82 Å². The molecule has 0 saturated carbocycles. The van der Waals surface area contributed by atoms with Gasteiger partial charge in [0.1, 0.15) is 10.7 Å². The molecule has 3 rings (SSSR count). The number of sulfonamides is 1. The largest absolute Gasteiger partial charge is 0.367 e. The van der Waals surface area contributed by atoms with Crippen LogP contribution in [0.3, 0.4) is 0 Å². The molecule has 0 amide bonds. The molecule has 0 unspecified atom stereocenters. The monoisotopic (exact) mass is 420 g/mol. The summed E-state index contributed by atoms with van der Waals surface area (Å²) in [4.78, 5) is 0.0565. The minimum atomic E-state index is -3.66. The fourth-order valence-corrected chi connectivity index (χ4v) is 4.14. The molecule has 148 valence electrons. The molecular weight excluding hydrogens is 400 g/mol. The Hall–Kier alpha value is -2.49. The van der Waals surface area contributed by atoms with Gasteiger partial charge in [0.25, 0.3) is 0 Å². The summed E-state index contributed by atoms with van der Waals surface area (Å²) in [5, 5.41) is 16.0. The van der Waals surface area contributed by atoms with Crippen molar-refractivity contribution in [3.05, 3.63) is 58.4 Å². The number of nitrogens with one attached hydrogen (secondary N) is 2. The van der Waals surface area contributed by atoms with E-state index >= 15 is 0 Å². The topological polar surface area (TPSA) is 102 Å². The number of aromatic nitrogens is 4. The summed E-state index contributed by atoms with van der Waals surface area (Å²) in [6.45, 7) is 6.46. The van der Waals surface area contributed by atoms with Crippen molar-refractivity contribution < 1.29 is 8.42 Å². The quantitative estimate of drug-likeness (QED) is 0.570. The number of hydrogen-bond donors (Lipinski definition) is 2. The van der Waals surface area contributed by atoms with Crippen LogP contribution in [0.5, 0.6) is 0 Å². The molecule has 3 aromatic rings. The van der Waals surface area contributed by atoms with Crippen LogP contribution in [-0.2, 0) is 10.0 Å². The lowest BCUT2D eigenvalue weighted by Crippen LogP contribution is -2.29. The van der Waals surface area contributed by atoms with Gasteiger partial charge in [-0.2, -0.15) is 5.10 Å². The van der Waals surface area contributed by atoms with E-state index in [1.807, 2.05) is 26.8 Å². The molecule has 0 spiro atoms. The number of rotatable bonds is 7. The molecule has 10 heteroatoms. The number of aryl methyl sites for hydroxylation is 1. The molecule has 1 aromatic carbocycles. The molecule has 0 aliphatic rings. The maximum Gasteiger partial charge on any atom is 0.242 e. The second-order valence-corrected chi connectivity index (χ2v) is 8.38. The maximum absolute atomic E-state index is 12.3. The van der Waals surface area contributed by atoms with Crippen LogP contribution in [0.4, 0.5) is 5.82 Å². The van der Waals surface area contributed by atoms with Gasteiger partial charge in [-0.25, -0.2) is 17.8 Å². The van der Waals surface area contributed by atoms with Gasteiger partial charge in [0, 0.05) is 18.8 Å². The fraction of sp³-hybridized carbons (Fsp3) is 0.278. The summed E-state index contributed by atoms with van der Waals surface area (Å²) in [6, 6.07) is 9.89. The third kappa shape index (κ3) is 4.32. The minimum Gasteiger partial charge on any atom is -0.367 e. The molecule has 2 heterocycles. The highest BCUT2D eigenvalue weighted by atomic mass is 35.5. The summed E-state index contributed by atoms with van der Waals surface area (Å²) in [5.74, 6) is 1.16. The lowest BCUT2D eigenvalue weighted by atomic mass is 10.2. The Bertz CT molecular complexity index is 1080. The molecule has 8 nitrogen and oxygen atoms in total. The summed E-state index contributed by atoms with van der Waals surface area (Å²) >= 11 is 5.94. The van der Waals surface area contributed by atoms with Gasteiger partial charge < -0.3 is 5.32 Å². The summed E-state index contributed by atoms with van der Waals surface area (Å²) in [5.41, 5.74) is 3.09. The lowest BCUT2D eigenvalue weighted by molar-refractivity contribution is 0.583. The second kappa shape index (κ2) is 8.26. The van der Waals surface area contributed by atoms with Crippen LogP contribution >= 0.6 is 11.6 Å². The maximum atomic E-state index is 12.3. The van der Waals surface area contributed by atoms with E-state index in [1.165, 1.54) is 12.1 Å². The third-order valence-electron chi connectivity index (χ3n) is 4.37. The standard InChI is InChI=1S/C18H21ClN6O2S/c1-12-13(2)24-25(14(12)3)18-9-8-17(22-23-18)20-10-11-21-28(26,27)16-7-5-4-6-15(16)19/h4-9,21H,10-11H2,1-3H3,(H,20,22). The van der Waals surface area contributed by atoms with Crippen LogP contribution in [0.2, 0.25) is 5.02 Å². The van der Waals surface area contributed by atoms with Crippen LogP contribution < -0.4 is 10.0 Å². The molecule has 2 aromatic heterocycles. The molecule has 28 heavy (non-hydrogen) atoms. The number of hydrogen-bond acceptors (Lipinski definition) is 6. The summed E-state index contributed by atoms with van der Waals surface area (Å²) in [6.07, 6.45) is 0. The predicted molar refractivity (Wildman–Crippen MR) is 108 cm³/mol. The number of halogens is 1. The zero-order valence-corrected chi connectivity index (χ0v) is 17.3. The van der Waals surface area contributed by atoms with E-state index in [4.69, 9.17) is 11.6 Å². The number of nitrogens with zero attached hydrogens (tertiary/aromatic N) is 4. The molecule has 0 saturated heterocycles. The molecular formula is C18H21ClN6O2S. The Labute approximate surface area is 169 Å². The van der Waals surface area contributed by atoms with E-state index in [0.717, 1.165) is 17.0 Å². The molecule has 0 aliphatic carbocycles. The first-order valence-electron chi connectivity index (χ1n) is 8.64. The van der Waals surface area contributed by atoms with E-state index in [0.29, 0.717) is 18.2 Å². The van der Waals surface area contributed by atoms with Gasteiger partial charge in [-0.1, -0.05) is 23.7 Å². The van der Waals surface area contributed by atoms with Gasteiger partial charge in [0.05, 0.1) is 10.7 Å². The Morgan fingerprint density at radius 1 is 1.04 bits per heavy atom. The average Bonchev–Trinajstić information content (AvgIpc) is 2.93. The van der Waals surface area contributed by atoms with Crippen molar-refractivity contribution in [3.8, 4) is 5.82 Å². The van der Waals surface area contributed by atoms with Gasteiger partial charge >= 0.3 is 0 Å². The Morgan fingerprint density at radius 3 is 2.39 bits per heavy atom. The van der Waals surface area contributed by atoms with Crippen LogP contribution in [0.1, 0.15) is 17.0 Å². The fourth-order valence-electron chi connectivity index (χ4n) is 2.59. The zero-order valence-electron chi connectivity index (χ0n) is 15.8. The molecule has 0 aliphatic heterocycles. The van der Waals surface area contributed by atoms with Crippen LogP contribution in [0.25, 0.3) is 5.82 Å². The van der Waals surface area contributed by atoms with Crippen molar-refractivity contribution in [2.75, 3.05) is 18.4 Å². The lowest BCUT2D eigenvalue weighted by Gasteiger charge is -2.09. The van der Waals surface area contributed by atoms with Gasteiger partial charge in [-0.3, -0.25) is 0 Å². The van der Waals surface area contributed by atoms with E-state index in [2.05, 4.69) is 25.3 Å².